The predicted octanol–water partition coefficient (Wildman–Crippen LogP) is 5.46. The minimum Gasteiger partial charge on any atom is -0.393 e. The van der Waals surface area contributed by atoms with Crippen molar-refractivity contribution >= 4 is 55.4 Å². The van der Waals surface area contributed by atoms with E-state index in [0.717, 1.165) is 26.6 Å². The van der Waals surface area contributed by atoms with Gasteiger partial charge >= 0.3 is 0 Å². The first-order valence-electron chi connectivity index (χ1n) is 8.08. The smallest absolute Gasteiger partial charge is 0.159 e. The van der Waals surface area contributed by atoms with E-state index in [0.29, 0.717) is 17.3 Å². The van der Waals surface area contributed by atoms with Gasteiger partial charge < -0.3 is 16.4 Å². The molecule has 0 saturated heterocycles. The molecule has 4 N–H and O–H groups in total. The minimum atomic E-state index is 0.461. The standard InChI is InChI=1S/C20H16BrN5/c21-14-8-10-15(11-9-14)25-19-18(22)20(24-12-23-19)26-17-7-3-5-13-4-1-2-6-16(13)17/h1-12H,22H2,(H2,23,24,25,26). The first kappa shape index (κ1) is 16.4. The van der Waals surface area contributed by atoms with Crippen LogP contribution in [0.25, 0.3) is 10.8 Å². The number of benzene rings is 3. The Morgan fingerprint density at radius 3 is 2.27 bits per heavy atom. The second-order valence-electron chi connectivity index (χ2n) is 5.77. The van der Waals surface area contributed by atoms with Gasteiger partial charge in [0.05, 0.1) is 0 Å². The molecule has 4 aromatic rings. The topological polar surface area (TPSA) is 75.9 Å². The number of fused-ring (bicyclic) bond motifs is 1. The van der Waals surface area contributed by atoms with Crippen LogP contribution in [0.5, 0.6) is 0 Å². The third kappa shape index (κ3) is 3.32. The number of anilines is 5. The molecule has 0 fully saturated rings. The second-order valence-corrected chi connectivity index (χ2v) is 6.68. The van der Waals surface area contributed by atoms with Gasteiger partial charge in [-0.15, -0.1) is 0 Å². The van der Waals surface area contributed by atoms with Crippen LogP contribution in [0.3, 0.4) is 0 Å². The van der Waals surface area contributed by atoms with E-state index in [1.54, 1.807) is 0 Å². The monoisotopic (exact) mass is 405 g/mol. The number of aromatic nitrogens is 2. The molecule has 0 atom stereocenters. The SMILES string of the molecule is Nc1c(Nc2ccc(Br)cc2)ncnc1Nc1cccc2ccccc12. The summed E-state index contributed by atoms with van der Waals surface area (Å²) in [6.07, 6.45) is 1.49. The molecule has 26 heavy (non-hydrogen) atoms. The number of halogens is 1. The molecule has 1 aromatic heterocycles. The molecule has 3 aromatic carbocycles. The van der Waals surface area contributed by atoms with E-state index in [-0.39, 0.29) is 0 Å². The molecule has 0 aliphatic carbocycles. The number of nitrogens with one attached hydrogen (secondary N) is 2. The lowest BCUT2D eigenvalue weighted by molar-refractivity contribution is 1.17. The Morgan fingerprint density at radius 2 is 1.46 bits per heavy atom. The van der Waals surface area contributed by atoms with Crippen LogP contribution in [0.2, 0.25) is 0 Å². The largest absolute Gasteiger partial charge is 0.393 e. The van der Waals surface area contributed by atoms with Gasteiger partial charge in [0.15, 0.2) is 11.6 Å². The molecule has 5 nitrogen and oxygen atoms in total. The fourth-order valence-corrected chi connectivity index (χ4v) is 2.99. The van der Waals surface area contributed by atoms with Crippen molar-refractivity contribution in [3.8, 4) is 0 Å². The van der Waals surface area contributed by atoms with Crippen LogP contribution in [-0.4, -0.2) is 9.97 Å². The molecule has 0 aliphatic rings. The van der Waals surface area contributed by atoms with Crippen molar-refractivity contribution in [3.63, 3.8) is 0 Å². The Balaban J connectivity index is 1.66. The maximum absolute atomic E-state index is 6.29. The lowest BCUT2D eigenvalue weighted by Gasteiger charge is -2.14. The third-order valence-electron chi connectivity index (χ3n) is 4.03. The number of rotatable bonds is 4. The number of nitrogens with two attached hydrogens (primary N) is 1. The lowest BCUT2D eigenvalue weighted by Crippen LogP contribution is -2.05. The maximum Gasteiger partial charge on any atom is 0.159 e. The van der Waals surface area contributed by atoms with E-state index in [1.807, 2.05) is 48.5 Å². The van der Waals surface area contributed by atoms with Crippen molar-refractivity contribution in [2.45, 2.75) is 0 Å². The van der Waals surface area contributed by atoms with Gasteiger partial charge in [0.2, 0.25) is 0 Å². The van der Waals surface area contributed by atoms with Gasteiger partial charge in [0, 0.05) is 21.2 Å². The Morgan fingerprint density at radius 1 is 0.769 bits per heavy atom. The van der Waals surface area contributed by atoms with Gasteiger partial charge in [-0.1, -0.05) is 52.3 Å². The van der Waals surface area contributed by atoms with Crippen molar-refractivity contribution in [3.05, 3.63) is 77.5 Å². The third-order valence-corrected chi connectivity index (χ3v) is 4.56. The summed E-state index contributed by atoms with van der Waals surface area (Å²) in [4.78, 5) is 8.56. The molecule has 0 unspecified atom stereocenters. The molecule has 1 heterocycles. The fourth-order valence-electron chi connectivity index (χ4n) is 2.73. The first-order valence-corrected chi connectivity index (χ1v) is 8.88. The second kappa shape index (κ2) is 7.01. The molecular formula is C20H16BrN5. The van der Waals surface area contributed by atoms with E-state index in [9.17, 15) is 0 Å². The molecule has 0 saturated carbocycles. The van der Waals surface area contributed by atoms with Crippen LogP contribution in [0.1, 0.15) is 0 Å². The number of nitrogen functional groups attached to an aromatic ring is 1. The highest BCUT2D eigenvalue weighted by Gasteiger charge is 2.10. The molecule has 0 amide bonds. The predicted molar refractivity (Wildman–Crippen MR) is 111 cm³/mol. The summed E-state index contributed by atoms with van der Waals surface area (Å²) in [5, 5.41) is 8.81. The van der Waals surface area contributed by atoms with Crippen molar-refractivity contribution in [2.75, 3.05) is 16.4 Å². The highest BCUT2D eigenvalue weighted by molar-refractivity contribution is 9.10. The van der Waals surface area contributed by atoms with E-state index < -0.39 is 0 Å². The van der Waals surface area contributed by atoms with E-state index in [1.165, 1.54) is 6.33 Å². The Labute approximate surface area is 159 Å². The van der Waals surface area contributed by atoms with Crippen LogP contribution in [0, 0.1) is 0 Å². The Bertz CT molecular complexity index is 1060. The van der Waals surface area contributed by atoms with Crippen LogP contribution in [0.4, 0.5) is 28.7 Å². The lowest BCUT2D eigenvalue weighted by atomic mass is 10.1. The van der Waals surface area contributed by atoms with Crippen LogP contribution in [0.15, 0.2) is 77.5 Å². The molecule has 0 radical (unpaired) electrons. The number of hydrogen-bond donors (Lipinski definition) is 3. The molecule has 128 valence electrons. The molecule has 0 spiro atoms. The van der Waals surface area contributed by atoms with Gasteiger partial charge in [0.25, 0.3) is 0 Å². The average molecular weight is 406 g/mol. The van der Waals surface area contributed by atoms with Gasteiger partial charge in [-0.05, 0) is 35.7 Å². The first-order chi connectivity index (χ1) is 12.7. The molecule has 4 rings (SSSR count). The molecule has 6 heteroatoms. The van der Waals surface area contributed by atoms with Crippen molar-refractivity contribution in [1.82, 2.24) is 9.97 Å². The van der Waals surface area contributed by atoms with Gasteiger partial charge in [-0.2, -0.15) is 0 Å². The maximum atomic E-state index is 6.29. The van der Waals surface area contributed by atoms with Crippen molar-refractivity contribution < 1.29 is 0 Å². The molecule has 0 bridgehead atoms. The zero-order valence-electron chi connectivity index (χ0n) is 13.8. The van der Waals surface area contributed by atoms with Crippen molar-refractivity contribution in [2.24, 2.45) is 0 Å². The highest BCUT2D eigenvalue weighted by atomic mass is 79.9. The zero-order valence-corrected chi connectivity index (χ0v) is 15.4. The van der Waals surface area contributed by atoms with Crippen LogP contribution < -0.4 is 16.4 Å². The number of hydrogen-bond acceptors (Lipinski definition) is 5. The summed E-state index contributed by atoms with van der Waals surface area (Å²) in [5.74, 6) is 1.13. The summed E-state index contributed by atoms with van der Waals surface area (Å²) in [7, 11) is 0. The van der Waals surface area contributed by atoms with Crippen LogP contribution >= 0.6 is 15.9 Å². The normalized spacial score (nSPS) is 10.7. The fraction of sp³-hybridized carbons (Fsp3) is 0. The average Bonchev–Trinajstić information content (AvgIpc) is 2.67. The van der Waals surface area contributed by atoms with Crippen LogP contribution in [-0.2, 0) is 0 Å². The summed E-state index contributed by atoms with van der Waals surface area (Å²) < 4.78 is 1.01. The number of nitrogens with zero attached hydrogens (tertiary/aromatic N) is 2. The van der Waals surface area contributed by atoms with E-state index in [4.69, 9.17) is 5.73 Å². The summed E-state index contributed by atoms with van der Waals surface area (Å²) in [5.41, 5.74) is 8.60. The Hall–Kier alpha value is -3.12. The summed E-state index contributed by atoms with van der Waals surface area (Å²) in [6, 6.07) is 22.1. The minimum absolute atomic E-state index is 0.461. The quantitative estimate of drug-likeness (QED) is 0.420. The Kier molecular flexibility index (Phi) is 4.41. The molecule has 0 aliphatic heterocycles. The van der Waals surface area contributed by atoms with Gasteiger partial charge in [0.1, 0.15) is 12.0 Å². The summed E-state index contributed by atoms with van der Waals surface area (Å²) >= 11 is 3.43. The highest BCUT2D eigenvalue weighted by Crippen LogP contribution is 2.31. The van der Waals surface area contributed by atoms with Gasteiger partial charge in [-0.25, -0.2) is 9.97 Å². The van der Waals surface area contributed by atoms with Crippen molar-refractivity contribution in [1.29, 1.82) is 0 Å². The summed E-state index contributed by atoms with van der Waals surface area (Å²) in [6.45, 7) is 0. The van der Waals surface area contributed by atoms with E-state index in [2.05, 4.69) is 54.7 Å². The molecular weight excluding hydrogens is 390 g/mol. The van der Waals surface area contributed by atoms with Gasteiger partial charge in [-0.3, -0.25) is 0 Å². The van der Waals surface area contributed by atoms with E-state index >= 15 is 0 Å². The zero-order chi connectivity index (χ0) is 17.9.